The van der Waals surface area contributed by atoms with Crippen LogP contribution in [0.4, 0.5) is 0 Å². The third kappa shape index (κ3) is 4.94. The van der Waals surface area contributed by atoms with Gasteiger partial charge in [-0.3, -0.25) is 4.79 Å². The van der Waals surface area contributed by atoms with Gasteiger partial charge in [0.05, 0.1) is 19.9 Å². The number of carbonyl (C=O) groups is 1. The molecule has 0 fully saturated rings. The molecule has 25 heavy (non-hydrogen) atoms. The lowest BCUT2D eigenvalue weighted by Gasteiger charge is -2.08. The zero-order valence-corrected chi connectivity index (χ0v) is 14.2. The van der Waals surface area contributed by atoms with Gasteiger partial charge in [-0.05, 0) is 28.8 Å². The summed E-state index contributed by atoms with van der Waals surface area (Å²) in [7, 11) is 1.63. The highest BCUT2D eigenvalue weighted by atomic mass is 16.5. The molecular weight excluding hydrogens is 314 g/mol. The van der Waals surface area contributed by atoms with Gasteiger partial charge in [0.2, 0.25) is 5.91 Å². The van der Waals surface area contributed by atoms with Crippen molar-refractivity contribution in [3.05, 3.63) is 83.9 Å². The molecular formula is C20H21N3O2. The fourth-order valence-electron chi connectivity index (χ4n) is 2.55. The van der Waals surface area contributed by atoms with E-state index in [-0.39, 0.29) is 5.91 Å². The van der Waals surface area contributed by atoms with Crippen molar-refractivity contribution in [3.8, 4) is 5.75 Å². The van der Waals surface area contributed by atoms with E-state index in [1.807, 2.05) is 47.2 Å². The number of benzene rings is 2. The van der Waals surface area contributed by atoms with Crippen molar-refractivity contribution < 1.29 is 9.53 Å². The number of rotatable bonds is 7. The number of aromatic nitrogens is 2. The van der Waals surface area contributed by atoms with Crippen molar-refractivity contribution in [2.75, 3.05) is 7.11 Å². The monoisotopic (exact) mass is 335 g/mol. The Hall–Kier alpha value is -3.08. The number of amides is 1. The number of imidazole rings is 1. The summed E-state index contributed by atoms with van der Waals surface area (Å²) in [6, 6.07) is 15.8. The summed E-state index contributed by atoms with van der Waals surface area (Å²) in [5.74, 6) is 0.799. The maximum absolute atomic E-state index is 12.1. The number of nitrogens with zero attached hydrogens (tertiary/aromatic N) is 2. The Morgan fingerprint density at radius 2 is 1.72 bits per heavy atom. The van der Waals surface area contributed by atoms with E-state index in [1.54, 1.807) is 19.6 Å². The lowest BCUT2D eigenvalue weighted by Crippen LogP contribution is -2.24. The van der Waals surface area contributed by atoms with Crippen LogP contribution in [-0.4, -0.2) is 22.6 Å². The smallest absolute Gasteiger partial charge is 0.224 e. The first kappa shape index (κ1) is 16.8. The SMILES string of the molecule is COc1ccc(CC(=O)NCc2ccc(Cn3ccnc3)cc2)cc1. The van der Waals surface area contributed by atoms with Crippen LogP contribution in [0.5, 0.6) is 5.75 Å². The molecule has 3 rings (SSSR count). The van der Waals surface area contributed by atoms with Crippen LogP contribution in [0.15, 0.2) is 67.3 Å². The quantitative estimate of drug-likeness (QED) is 0.722. The molecule has 0 saturated heterocycles. The Morgan fingerprint density at radius 1 is 1.04 bits per heavy atom. The Balaban J connectivity index is 1.48. The van der Waals surface area contributed by atoms with Crippen molar-refractivity contribution in [2.45, 2.75) is 19.5 Å². The molecule has 1 amide bonds. The highest BCUT2D eigenvalue weighted by molar-refractivity contribution is 5.78. The van der Waals surface area contributed by atoms with Gasteiger partial charge in [0.25, 0.3) is 0 Å². The zero-order chi connectivity index (χ0) is 17.5. The number of ether oxygens (including phenoxy) is 1. The van der Waals surface area contributed by atoms with Crippen LogP contribution in [0.3, 0.4) is 0 Å². The zero-order valence-electron chi connectivity index (χ0n) is 14.2. The van der Waals surface area contributed by atoms with Gasteiger partial charge in [-0.2, -0.15) is 0 Å². The Bertz CT molecular complexity index is 794. The number of carbonyl (C=O) groups excluding carboxylic acids is 1. The molecule has 0 unspecified atom stereocenters. The summed E-state index contributed by atoms with van der Waals surface area (Å²) in [6.45, 7) is 1.32. The van der Waals surface area contributed by atoms with Gasteiger partial charge in [0, 0.05) is 25.5 Å². The molecule has 0 saturated carbocycles. The Morgan fingerprint density at radius 3 is 2.36 bits per heavy atom. The van der Waals surface area contributed by atoms with Crippen molar-refractivity contribution in [1.29, 1.82) is 0 Å². The minimum atomic E-state index is 0.00709. The van der Waals surface area contributed by atoms with Gasteiger partial charge in [-0.25, -0.2) is 4.98 Å². The topological polar surface area (TPSA) is 56.1 Å². The predicted octanol–water partition coefficient (Wildman–Crippen LogP) is 2.80. The largest absolute Gasteiger partial charge is 0.497 e. The van der Waals surface area contributed by atoms with Gasteiger partial charge in [-0.15, -0.1) is 0 Å². The lowest BCUT2D eigenvalue weighted by molar-refractivity contribution is -0.120. The summed E-state index contributed by atoms with van der Waals surface area (Å²) in [6.07, 6.45) is 5.87. The first-order valence-corrected chi connectivity index (χ1v) is 8.16. The molecule has 0 bridgehead atoms. The fourth-order valence-corrected chi connectivity index (χ4v) is 2.55. The van der Waals surface area contributed by atoms with Crippen LogP contribution in [0.2, 0.25) is 0 Å². The molecule has 5 heteroatoms. The van der Waals surface area contributed by atoms with Crippen LogP contribution < -0.4 is 10.1 Å². The van der Waals surface area contributed by atoms with Gasteiger partial charge in [-0.1, -0.05) is 36.4 Å². The Labute approximate surface area is 147 Å². The van der Waals surface area contributed by atoms with Crippen LogP contribution in [0.25, 0.3) is 0 Å². The van der Waals surface area contributed by atoms with E-state index >= 15 is 0 Å². The minimum absolute atomic E-state index is 0.00709. The van der Waals surface area contributed by atoms with Gasteiger partial charge >= 0.3 is 0 Å². The second-order valence-corrected chi connectivity index (χ2v) is 5.85. The first-order chi connectivity index (χ1) is 12.2. The number of nitrogens with one attached hydrogen (secondary N) is 1. The van der Waals surface area contributed by atoms with Crippen LogP contribution in [0, 0.1) is 0 Å². The maximum atomic E-state index is 12.1. The second-order valence-electron chi connectivity index (χ2n) is 5.85. The summed E-state index contributed by atoms with van der Waals surface area (Å²) < 4.78 is 7.14. The normalized spacial score (nSPS) is 10.4. The molecule has 0 aliphatic heterocycles. The molecule has 0 aliphatic rings. The average Bonchev–Trinajstić information content (AvgIpc) is 3.15. The molecule has 5 nitrogen and oxygen atoms in total. The summed E-state index contributed by atoms with van der Waals surface area (Å²) >= 11 is 0. The first-order valence-electron chi connectivity index (χ1n) is 8.16. The molecule has 0 atom stereocenters. The number of hydrogen-bond donors (Lipinski definition) is 1. The van der Waals surface area contributed by atoms with Crippen LogP contribution in [0.1, 0.15) is 16.7 Å². The Kier molecular flexibility index (Phi) is 5.46. The number of hydrogen-bond acceptors (Lipinski definition) is 3. The van der Waals surface area contributed by atoms with Crippen molar-refractivity contribution >= 4 is 5.91 Å². The maximum Gasteiger partial charge on any atom is 0.224 e. The molecule has 3 aromatic rings. The molecule has 0 radical (unpaired) electrons. The molecule has 128 valence electrons. The fraction of sp³-hybridized carbons (Fsp3) is 0.200. The second kappa shape index (κ2) is 8.15. The van der Waals surface area contributed by atoms with Gasteiger partial charge < -0.3 is 14.6 Å². The highest BCUT2D eigenvalue weighted by Gasteiger charge is 2.04. The molecule has 1 aromatic heterocycles. The standard InChI is InChI=1S/C20H21N3O2/c1-25-19-8-6-16(7-9-19)12-20(24)22-13-17-2-4-18(5-3-17)14-23-11-10-21-15-23/h2-11,15H,12-14H2,1H3,(H,22,24). The molecule has 1 heterocycles. The van der Waals surface area contributed by atoms with Gasteiger partial charge in [0.1, 0.15) is 5.75 Å². The third-order valence-electron chi connectivity index (χ3n) is 3.96. The van der Waals surface area contributed by atoms with E-state index in [4.69, 9.17) is 4.74 Å². The van der Waals surface area contributed by atoms with E-state index < -0.39 is 0 Å². The van der Waals surface area contributed by atoms with Crippen LogP contribution in [-0.2, 0) is 24.3 Å². The highest BCUT2D eigenvalue weighted by Crippen LogP contribution is 2.12. The van der Waals surface area contributed by atoms with Crippen molar-refractivity contribution in [1.82, 2.24) is 14.9 Å². The molecule has 0 aliphatic carbocycles. The summed E-state index contributed by atoms with van der Waals surface area (Å²) in [5, 5.41) is 2.96. The lowest BCUT2D eigenvalue weighted by atomic mass is 10.1. The molecule has 0 spiro atoms. The molecule has 1 N–H and O–H groups in total. The third-order valence-corrected chi connectivity index (χ3v) is 3.96. The average molecular weight is 335 g/mol. The predicted molar refractivity (Wildman–Crippen MR) is 96.3 cm³/mol. The van der Waals surface area contributed by atoms with Crippen molar-refractivity contribution in [3.63, 3.8) is 0 Å². The molecule has 2 aromatic carbocycles. The summed E-state index contributed by atoms with van der Waals surface area (Å²) in [5.41, 5.74) is 3.25. The van der Waals surface area contributed by atoms with E-state index in [9.17, 15) is 4.79 Å². The van der Waals surface area contributed by atoms with E-state index in [0.717, 1.165) is 23.4 Å². The van der Waals surface area contributed by atoms with Gasteiger partial charge in [0.15, 0.2) is 0 Å². The number of methoxy groups -OCH3 is 1. The van der Waals surface area contributed by atoms with E-state index in [1.165, 1.54) is 5.56 Å². The van der Waals surface area contributed by atoms with Crippen LogP contribution >= 0.6 is 0 Å². The van der Waals surface area contributed by atoms with E-state index in [2.05, 4.69) is 22.4 Å². The summed E-state index contributed by atoms with van der Waals surface area (Å²) in [4.78, 5) is 16.1. The minimum Gasteiger partial charge on any atom is -0.497 e. The van der Waals surface area contributed by atoms with E-state index in [0.29, 0.717) is 13.0 Å². The van der Waals surface area contributed by atoms with Crippen molar-refractivity contribution in [2.24, 2.45) is 0 Å².